The molecule has 0 saturated heterocycles. The van der Waals surface area contributed by atoms with E-state index in [2.05, 4.69) is 5.32 Å². The number of rotatable bonds is 11. The molecule has 7 heteroatoms. The van der Waals surface area contributed by atoms with Gasteiger partial charge in [-0.1, -0.05) is 0 Å². The van der Waals surface area contributed by atoms with E-state index < -0.39 is 17.3 Å². The van der Waals surface area contributed by atoms with Crippen LogP contribution in [0.1, 0.15) is 87.0 Å². The highest BCUT2D eigenvalue weighted by molar-refractivity contribution is 5.70. The molecule has 28 heavy (non-hydrogen) atoms. The second-order valence-corrected chi connectivity index (χ2v) is 8.91. The van der Waals surface area contributed by atoms with Gasteiger partial charge in [0, 0.05) is 19.4 Å². The fourth-order valence-electron chi connectivity index (χ4n) is 2.61. The minimum absolute atomic E-state index is 0.192. The number of nitrogens with one attached hydrogen (secondary N) is 1. The van der Waals surface area contributed by atoms with Gasteiger partial charge < -0.3 is 19.5 Å². The van der Waals surface area contributed by atoms with Crippen LogP contribution in [-0.2, 0) is 23.8 Å². The first kappa shape index (κ1) is 26.2. The monoisotopic (exact) mass is 401 g/mol. The Bertz CT molecular complexity index is 490. The van der Waals surface area contributed by atoms with E-state index in [1.807, 2.05) is 41.5 Å². The van der Waals surface area contributed by atoms with E-state index in [0.29, 0.717) is 45.3 Å². The highest BCUT2D eigenvalue weighted by atomic mass is 16.6. The molecule has 0 radical (unpaired) electrons. The number of hydrogen-bond donors (Lipinski definition) is 1. The third kappa shape index (κ3) is 16.4. The molecule has 164 valence electrons. The van der Waals surface area contributed by atoms with Gasteiger partial charge in [0.1, 0.15) is 11.2 Å². The summed E-state index contributed by atoms with van der Waals surface area (Å²) in [5, 5.41) is 2.75. The van der Waals surface area contributed by atoms with Gasteiger partial charge in [0.15, 0.2) is 0 Å². The van der Waals surface area contributed by atoms with Crippen molar-refractivity contribution in [1.82, 2.24) is 5.32 Å². The molecule has 0 rings (SSSR count). The van der Waals surface area contributed by atoms with Gasteiger partial charge in [0.2, 0.25) is 0 Å². The normalized spacial score (nSPS) is 12.8. The number of ether oxygens (including phenoxy) is 3. The van der Waals surface area contributed by atoms with Gasteiger partial charge in [-0.2, -0.15) is 0 Å². The molecular formula is C21H39NO6. The van der Waals surface area contributed by atoms with E-state index in [1.165, 1.54) is 0 Å². The van der Waals surface area contributed by atoms with E-state index in [4.69, 9.17) is 14.2 Å². The van der Waals surface area contributed by atoms with Gasteiger partial charge in [-0.25, -0.2) is 4.79 Å². The topological polar surface area (TPSA) is 90.9 Å². The zero-order valence-corrected chi connectivity index (χ0v) is 18.7. The summed E-state index contributed by atoms with van der Waals surface area (Å²) in [5.74, 6) is -0.250. The Morgan fingerprint density at radius 1 is 0.821 bits per heavy atom. The fourth-order valence-corrected chi connectivity index (χ4v) is 2.61. The van der Waals surface area contributed by atoms with E-state index in [1.54, 1.807) is 6.92 Å². The Balaban J connectivity index is 4.47. The molecule has 0 spiro atoms. The first-order valence-electron chi connectivity index (χ1n) is 10.2. The quantitative estimate of drug-likeness (QED) is 0.408. The molecule has 1 atom stereocenters. The predicted molar refractivity (Wildman–Crippen MR) is 108 cm³/mol. The molecule has 0 aliphatic heterocycles. The molecule has 1 N–H and O–H groups in total. The Kier molecular flexibility index (Phi) is 11.8. The van der Waals surface area contributed by atoms with Crippen LogP contribution >= 0.6 is 0 Å². The van der Waals surface area contributed by atoms with Gasteiger partial charge in [0.25, 0.3) is 0 Å². The van der Waals surface area contributed by atoms with Crippen molar-refractivity contribution >= 4 is 18.0 Å². The SMILES string of the molecule is CCOC(=O)CCCC(CCNC(=O)OC(C)(C)C)CCC(=O)OC(C)(C)C. The van der Waals surface area contributed by atoms with Crippen molar-refractivity contribution in [2.24, 2.45) is 5.92 Å². The van der Waals surface area contributed by atoms with Crippen molar-refractivity contribution in [1.29, 1.82) is 0 Å². The molecule has 7 nitrogen and oxygen atoms in total. The molecule has 1 amide bonds. The van der Waals surface area contributed by atoms with Crippen molar-refractivity contribution in [2.45, 2.75) is 98.2 Å². The van der Waals surface area contributed by atoms with Crippen molar-refractivity contribution in [3.8, 4) is 0 Å². The van der Waals surface area contributed by atoms with Crippen LogP contribution in [0, 0.1) is 5.92 Å². The molecule has 0 saturated carbocycles. The van der Waals surface area contributed by atoms with Crippen LogP contribution in [-0.4, -0.2) is 42.4 Å². The van der Waals surface area contributed by atoms with Crippen LogP contribution in [0.15, 0.2) is 0 Å². The van der Waals surface area contributed by atoms with Crippen molar-refractivity contribution in [2.75, 3.05) is 13.2 Å². The van der Waals surface area contributed by atoms with Gasteiger partial charge in [-0.15, -0.1) is 0 Å². The van der Waals surface area contributed by atoms with E-state index in [-0.39, 0.29) is 17.9 Å². The van der Waals surface area contributed by atoms with Gasteiger partial charge in [-0.05, 0) is 80.1 Å². The Labute approximate surface area is 169 Å². The molecule has 0 aromatic heterocycles. The summed E-state index contributed by atoms with van der Waals surface area (Å²) in [7, 11) is 0. The lowest BCUT2D eigenvalue weighted by molar-refractivity contribution is -0.155. The summed E-state index contributed by atoms with van der Waals surface area (Å²) in [6, 6.07) is 0. The van der Waals surface area contributed by atoms with Crippen molar-refractivity contribution in [3.05, 3.63) is 0 Å². The van der Waals surface area contributed by atoms with Gasteiger partial charge >= 0.3 is 18.0 Å². The third-order valence-electron chi connectivity index (χ3n) is 3.70. The lowest BCUT2D eigenvalue weighted by atomic mass is 9.93. The minimum Gasteiger partial charge on any atom is -0.466 e. The zero-order chi connectivity index (χ0) is 21.8. The smallest absolute Gasteiger partial charge is 0.407 e. The average molecular weight is 402 g/mol. The number of hydrogen-bond acceptors (Lipinski definition) is 6. The minimum atomic E-state index is -0.542. The third-order valence-corrected chi connectivity index (χ3v) is 3.70. The fraction of sp³-hybridized carbons (Fsp3) is 0.857. The predicted octanol–water partition coefficient (Wildman–Crippen LogP) is 4.37. The maximum atomic E-state index is 12.0. The van der Waals surface area contributed by atoms with Crippen LogP contribution in [0.25, 0.3) is 0 Å². The second kappa shape index (κ2) is 12.6. The Hall–Kier alpha value is -1.79. The maximum Gasteiger partial charge on any atom is 0.407 e. The summed E-state index contributed by atoms with van der Waals surface area (Å²) in [6.07, 6.45) is 3.02. The molecule has 0 aliphatic rings. The largest absolute Gasteiger partial charge is 0.466 e. The molecule has 0 aliphatic carbocycles. The van der Waals surface area contributed by atoms with E-state index in [9.17, 15) is 14.4 Å². The average Bonchev–Trinajstić information content (AvgIpc) is 2.48. The molecule has 0 bridgehead atoms. The Morgan fingerprint density at radius 3 is 1.96 bits per heavy atom. The van der Waals surface area contributed by atoms with Crippen LogP contribution in [0.3, 0.4) is 0 Å². The van der Waals surface area contributed by atoms with Gasteiger partial charge in [0.05, 0.1) is 6.61 Å². The van der Waals surface area contributed by atoms with E-state index in [0.717, 1.165) is 6.42 Å². The lowest BCUT2D eigenvalue weighted by Crippen LogP contribution is -2.33. The summed E-state index contributed by atoms with van der Waals surface area (Å²) in [6.45, 7) is 13.6. The molecule has 0 aromatic rings. The second-order valence-electron chi connectivity index (χ2n) is 8.91. The molecule has 0 aromatic carbocycles. The summed E-state index contributed by atoms with van der Waals surface area (Å²) < 4.78 is 15.5. The first-order chi connectivity index (χ1) is 12.8. The summed E-state index contributed by atoms with van der Waals surface area (Å²) in [4.78, 5) is 35.3. The maximum absolute atomic E-state index is 12.0. The summed E-state index contributed by atoms with van der Waals surface area (Å²) in [5.41, 5.74) is -1.05. The zero-order valence-electron chi connectivity index (χ0n) is 18.7. The standard InChI is InChI=1S/C21H39NO6/c1-8-26-17(23)11-9-10-16(12-13-18(24)27-20(2,3)4)14-15-22-19(25)28-21(5,6)7/h16H,8-15H2,1-7H3,(H,22,25). The molecular weight excluding hydrogens is 362 g/mol. The van der Waals surface area contributed by atoms with Crippen molar-refractivity contribution in [3.63, 3.8) is 0 Å². The molecule has 1 unspecified atom stereocenters. The number of alkyl carbamates (subject to hydrolysis) is 1. The lowest BCUT2D eigenvalue weighted by Gasteiger charge is -2.22. The van der Waals surface area contributed by atoms with Crippen LogP contribution in [0.5, 0.6) is 0 Å². The highest BCUT2D eigenvalue weighted by Crippen LogP contribution is 2.20. The molecule has 0 fully saturated rings. The summed E-state index contributed by atoms with van der Waals surface area (Å²) >= 11 is 0. The Morgan fingerprint density at radius 2 is 1.43 bits per heavy atom. The van der Waals surface area contributed by atoms with Crippen LogP contribution in [0.2, 0.25) is 0 Å². The molecule has 0 heterocycles. The van der Waals surface area contributed by atoms with E-state index >= 15 is 0 Å². The first-order valence-corrected chi connectivity index (χ1v) is 10.2. The van der Waals surface area contributed by atoms with Gasteiger partial charge in [-0.3, -0.25) is 9.59 Å². The van der Waals surface area contributed by atoms with Crippen molar-refractivity contribution < 1.29 is 28.6 Å². The highest BCUT2D eigenvalue weighted by Gasteiger charge is 2.19. The van der Waals surface area contributed by atoms with Crippen LogP contribution in [0.4, 0.5) is 4.79 Å². The number of carbonyl (C=O) groups is 3. The number of esters is 2. The van der Waals surface area contributed by atoms with Crippen LogP contribution < -0.4 is 5.32 Å². The number of amides is 1. The number of carbonyl (C=O) groups excluding carboxylic acids is 3.